The van der Waals surface area contributed by atoms with Crippen molar-refractivity contribution in [2.75, 3.05) is 30.9 Å². The van der Waals surface area contributed by atoms with Gasteiger partial charge in [0.1, 0.15) is 21.2 Å². The highest BCUT2D eigenvalue weighted by Gasteiger charge is 2.37. The summed E-state index contributed by atoms with van der Waals surface area (Å²) in [4.78, 5) is 29.8. The first-order valence-electron chi connectivity index (χ1n) is 17.0. The van der Waals surface area contributed by atoms with E-state index in [0.717, 1.165) is 37.7 Å². The van der Waals surface area contributed by atoms with Crippen LogP contribution in [0, 0.1) is 17.8 Å². The van der Waals surface area contributed by atoms with Crippen LogP contribution in [-0.2, 0) is 29.9 Å². The summed E-state index contributed by atoms with van der Waals surface area (Å²) in [7, 11) is -0.720. The van der Waals surface area contributed by atoms with Crippen LogP contribution in [-0.4, -0.2) is 63.0 Å². The molecule has 0 spiro atoms. The molecular weight excluding hydrogens is 678 g/mol. The maximum atomic E-state index is 14.7. The topological polar surface area (TPSA) is 135 Å². The lowest BCUT2D eigenvalue weighted by Crippen LogP contribution is -2.43. The Morgan fingerprint density at radius 1 is 1.20 bits per heavy atom. The smallest absolute Gasteiger partial charge is 0.286 e. The number of halogens is 1. The van der Waals surface area contributed by atoms with Gasteiger partial charge < -0.3 is 19.5 Å². The van der Waals surface area contributed by atoms with Gasteiger partial charge in [-0.3, -0.25) is 19.0 Å². The number of ether oxygens (including phenoxy) is 2. The summed E-state index contributed by atoms with van der Waals surface area (Å²) < 4.78 is 34.4. The molecule has 0 radical (unpaired) electrons. The Kier molecular flexibility index (Phi) is 11.0. The van der Waals surface area contributed by atoms with Gasteiger partial charge >= 0.3 is 0 Å². The van der Waals surface area contributed by atoms with E-state index in [-0.39, 0.29) is 34.6 Å². The van der Waals surface area contributed by atoms with Gasteiger partial charge in [0.05, 0.1) is 31.3 Å². The molecule has 5 atom stereocenters. The molecule has 3 heterocycles. The molecule has 13 heteroatoms. The number of carbonyl (C=O) groups excluding carboxylic acids is 2. The average molecular weight is 722 g/mol. The molecule has 11 nitrogen and oxygen atoms in total. The minimum atomic E-state index is -3.73. The van der Waals surface area contributed by atoms with E-state index in [1.807, 2.05) is 12.1 Å². The van der Waals surface area contributed by atoms with Crippen LogP contribution in [0.5, 0.6) is 11.6 Å². The van der Waals surface area contributed by atoms with E-state index in [0.29, 0.717) is 42.6 Å². The molecule has 2 N–H and O–H groups in total. The molecule has 0 saturated heterocycles. The fraction of sp³-hybridized carbons (Fsp3) is 0.432. The average Bonchev–Trinajstić information content (AvgIpc) is 3.44. The van der Waals surface area contributed by atoms with Crippen molar-refractivity contribution < 1.29 is 28.4 Å². The largest absolute Gasteiger partial charge is 0.491 e. The van der Waals surface area contributed by atoms with Gasteiger partial charge in [-0.1, -0.05) is 35.9 Å². The SMILES string of the molecule is C=CC[C@@H]1/C=C/[C@H](O)[C@@H]2CC[C@H]2CN2Cc3ccc(Cl)cc3CCCCOc3ccc(cc32)C(=O)N=S(=O)(NC(=O)c2cn(C)nc2OC)C1. The van der Waals surface area contributed by atoms with Gasteiger partial charge in [0.15, 0.2) is 0 Å². The molecule has 3 aliphatic rings. The van der Waals surface area contributed by atoms with Crippen LogP contribution in [0.1, 0.15) is 63.9 Å². The van der Waals surface area contributed by atoms with Crippen molar-refractivity contribution in [2.45, 2.75) is 51.2 Å². The number of hydrogen-bond donors (Lipinski definition) is 2. The summed E-state index contributed by atoms with van der Waals surface area (Å²) in [5.74, 6) is -1.26. The summed E-state index contributed by atoms with van der Waals surface area (Å²) >= 11 is 6.43. The number of allylic oxidation sites excluding steroid dienone is 2. The Morgan fingerprint density at radius 2 is 2.04 bits per heavy atom. The molecule has 1 fully saturated rings. The molecule has 2 amide bonds. The number of amides is 2. The van der Waals surface area contributed by atoms with Gasteiger partial charge in [-0.2, -0.15) is 0 Å². The first-order valence-corrected chi connectivity index (χ1v) is 19.1. The highest BCUT2D eigenvalue weighted by Crippen LogP contribution is 2.41. The summed E-state index contributed by atoms with van der Waals surface area (Å²) in [6.07, 6.45) is 10.7. The zero-order valence-corrected chi connectivity index (χ0v) is 30.0. The van der Waals surface area contributed by atoms with Gasteiger partial charge in [-0.25, -0.2) is 4.21 Å². The van der Waals surface area contributed by atoms with Crippen LogP contribution >= 0.6 is 11.6 Å². The molecule has 6 rings (SSSR count). The fourth-order valence-corrected chi connectivity index (χ4v) is 8.99. The van der Waals surface area contributed by atoms with Crippen molar-refractivity contribution in [1.29, 1.82) is 0 Å². The normalized spacial score (nSPS) is 26.2. The van der Waals surface area contributed by atoms with E-state index >= 15 is 0 Å². The lowest BCUT2D eigenvalue weighted by Gasteiger charge is -2.42. The number of aromatic nitrogens is 2. The van der Waals surface area contributed by atoms with E-state index in [9.17, 15) is 18.9 Å². The molecule has 1 aliphatic carbocycles. The number of aryl methyl sites for hydroxylation is 2. The van der Waals surface area contributed by atoms with E-state index in [1.165, 1.54) is 23.6 Å². The van der Waals surface area contributed by atoms with Crippen molar-refractivity contribution in [3.05, 3.63) is 94.7 Å². The monoisotopic (exact) mass is 721 g/mol. The third kappa shape index (κ3) is 8.08. The van der Waals surface area contributed by atoms with Gasteiger partial charge in [-0.05, 0) is 97.7 Å². The molecule has 1 saturated carbocycles. The third-order valence-corrected chi connectivity index (χ3v) is 11.8. The first kappa shape index (κ1) is 35.7. The number of aliphatic hydroxyl groups excluding tert-OH is 1. The van der Waals surface area contributed by atoms with E-state index < -0.39 is 33.8 Å². The molecule has 1 unspecified atom stereocenters. The zero-order valence-electron chi connectivity index (χ0n) is 28.4. The molecular formula is C37H44ClN5O6S. The summed E-state index contributed by atoms with van der Waals surface area (Å²) in [6, 6.07) is 11.1. The number of nitrogens with one attached hydrogen (secondary N) is 1. The second kappa shape index (κ2) is 15.4. The van der Waals surface area contributed by atoms with Crippen LogP contribution in [0.15, 0.2) is 71.8 Å². The number of carbonyl (C=O) groups is 2. The van der Waals surface area contributed by atoms with Crippen molar-refractivity contribution in [2.24, 2.45) is 29.2 Å². The zero-order chi connectivity index (χ0) is 35.4. The van der Waals surface area contributed by atoms with Crippen molar-refractivity contribution >= 4 is 39.0 Å². The predicted molar refractivity (Wildman–Crippen MR) is 194 cm³/mol. The van der Waals surface area contributed by atoms with Crippen LogP contribution in [0.2, 0.25) is 5.02 Å². The second-order valence-electron chi connectivity index (χ2n) is 13.3. The van der Waals surface area contributed by atoms with E-state index in [1.54, 1.807) is 43.5 Å². The van der Waals surface area contributed by atoms with Crippen LogP contribution in [0.3, 0.4) is 0 Å². The number of fused-ring (bicyclic) bond motifs is 3. The maximum Gasteiger partial charge on any atom is 0.286 e. The minimum absolute atomic E-state index is 0.00426. The van der Waals surface area contributed by atoms with E-state index in [2.05, 4.69) is 31.7 Å². The number of nitrogens with zero attached hydrogens (tertiary/aromatic N) is 4. The molecule has 2 aliphatic heterocycles. The Hall–Kier alpha value is -4.13. The van der Waals surface area contributed by atoms with Crippen LogP contribution < -0.4 is 19.1 Å². The lowest BCUT2D eigenvalue weighted by atomic mass is 9.70. The molecule has 3 aromatic rings. The predicted octanol–water partition coefficient (Wildman–Crippen LogP) is 5.91. The third-order valence-electron chi connectivity index (χ3n) is 9.75. The quantitative estimate of drug-likeness (QED) is 0.311. The fourth-order valence-electron chi connectivity index (χ4n) is 6.99. The number of hydrogen-bond acceptors (Lipinski definition) is 8. The van der Waals surface area contributed by atoms with Crippen LogP contribution in [0.25, 0.3) is 0 Å². The van der Waals surface area contributed by atoms with Gasteiger partial charge in [-0.15, -0.1) is 16.0 Å². The van der Waals surface area contributed by atoms with Gasteiger partial charge in [0.25, 0.3) is 11.8 Å². The first-order chi connectivity index (χ1) is 24.1. The molecule has 2 bridgehead atoms. The Bertz CT molecular complexity index is 1920. The van der Waals surface area contributed by atoms with Crippen molar-refractivity contribution in [1.82, 2.24) is 14.5 Å². The van der Waals surface area contributed by atoms with Gasteiger partial charge in [0, 0.05) is 36.9 Å². The Morgan fingerprint density at radius 3 is 2.80 bits per heavy atom. The van der Waals surface area contributed by atoms with E-state index in [4.69, 9.17) is 21.1 Å². The van der Waals surface area contributed by atoms with Crippen molar-refractivity contribution in [3.63, 3.8) is 0 Å². The molecule has 50 heavy (non-hydrogen) atoms. The summed E-state index contributed by atoms with van der Waals surface area (Å²) in [6.45, 7) is 5.51. The minimum Gasteiger partial charge on any atom is -0.491 e. The highest BCUT2D eigenvalue weighted by molar-refractivity contribution is 7.92. The Balaban J connectivity index is 1.47. The number of benzene rings is 2. The number of anilines is 1. The highest BCUT2D eigenvalue weighted by atomic mass is 35.5. The van der Waals surface area contributed by atoms with Crippen LogP contribution in [0.4, 0.5) is 5.69 Å². The van der Waals surface area contributed by atoms with Crippen molar-refractivity contribution in [3.8, 4) is 11.6 Å². The maximum absolute atomic E-state index is 14.7. The number of rotatable bonds is 5. The lowest BCUT2D eigenvalue weighted by molar-refractivity contribution is 0.0458. The molecule has 1 aromatic heterocycles. The summed E-state index contributed by atoms with van der Waals surface area (Å²) in [5, 5.41) is 16.3. The van der Waals surface area contributed by atoms with Gasteiger partial charge in [0.2, 0.25) is 5.88 Å². The molecule has 2 aromatic carbocycles. The number of aliphatic hydroxyl groups is 1. The molecule has 266 valence electrons. The Labute approximate surface area is 298 Å². The number of methoxy groups -OCH3 is 1. The summed E-state index contributed by atoms with van der Waals surface area (Å²) in [5.41, 5.74) is 3.26. The standard InChI is InChI=1S/C37H44ClN5O6S/c1-4-7-24-9-15-33(44)30-14-11-28(30)21-43-20-27-10-13-29(38)18-25(27)8-5-6-17-49-34-16-12-26(19-32(34)43)35(45)40-50(47,23-24)41-36(46)31-22-42(2)39-37(31)48-3/h4,9-10,12-13,15-16,18-19,22,24,28,30,33,44H,1,5-8,11,14,17,20-21,23H2,2-3H3,(H,40,41,45,46,47)/b15-9+/t24-,28+,30-,33+,50?/m1/s1. The second-order valence-corrected chi connectivity index (χ2v) is 15.7.